The van der Waals surface area contributed by atoms with E-state index in [1.807, 2.05) is 36.4 Å². The van der Waals surface area contributed by atoms with E-state index in [0.29, 0.717) is 32.3 Å². The van der Waals surface area contributed by atoms with Crippen LogP contribution in [0.3, 0.4) is 0 Å². The molecule has 29 heavy (non-hydrogen) atoms. The van der Waals surface area contributed by atoms with Gasteiger partial charge < -0.3 is 29.6 Å². The zero-order valence-corrected chi connectivity index (χ0v) is 16.1. The Labute approximate surface area is 170 Å². The van der Waals surface area contributed by atoms with Crippen LogP contribution < -0.4 is 29.6 Å². The van der Waals surface area contributed by atoms with Crippen molar-refractivity contribution in [2.75, 3.05) is 38.4 Å². The summed E-state index contributed by atoms with van der Waals surface area (Å²) in [6.07, 6.45) is 7.03. The van der Waals surface area contributed by atoms with Crippen molar-refractivity contribution in [3.05, 3.63) is 42.0 Å². The lowest BCUT2D eigenvalue weighted by Crippen LogP contribution is -2.31. The Balaban J connectivity index is 1.41. The van der Waals surface area contributed by atoms with Crippen molar-refractivity contribution in [1.82, 2.24) is 5.32 Å². The third-order valence-corrected chi connectivity index (χ3v) is 4.48. The second-order valence-corrected chi connectivity index (χ2v) is 6.56. The van der Waals surface area contributed by atoms with Crippen LogP contribution in [0.25, 0.3) is 0 Å². The lowest BCUT2D eigenvalue weighted by Gasteiger charge is -2.13. The highest BCUT2D eigenvalue weighted by Crippen LogP contribution is 2.33. The highest BCUT2D eigenvalue weighted by molar-refractivity contribution is 5.94. The zero-order valence-electron chi connectivity index (χ0n) is 16.1. The largest absolute Gasteiger partial charge is 0.490 e. The maximum atomic E-state index is 5.75. The summed E-state index contributed by atoms with van der Waals surface area (Å²) in [5, 5.41) is 6.40. The number of rotatable bonds is 5. The fraction of sp³-hybridized carbons (Fsp3) is 0.318. The molecule has 2 aromatic rings. The summed E-state index contributed by atoms with van der Waals surface area (Å²) in [7, 11) is 0. The Bertz CT molecular complexity index is 936. The molecule has 150 valence electrons. The molecule has 0 unspecified atom stereocenters. The molecule has 2 aromatic carbocycles. The summed E-state index contributed by atoms with van der Waals surface area (Å²) in [4.78, 5) is 4.63. The van der Waals surface area contributed by atoms with E-state index in [1.165, 1.54) is 0 Å². The molecule has 0 spiro atoms. The first kappa shape index (κ1) is 18.8. The molecule has 0 fully saturated rings. The Morgan fingerprint density at radius 2 is 1.72 bits per heavy atom. The molecule has 4 rings (SSSR count). The first-order valence-corrected chi connectivity index (χ1v) is 9.59. The minimum absolute atomic E-state index is 0.274. The molecular formula is C22H23N3O4. The van der Waals surface area contributed by atoms with E-state index in [0.717, 1.165) is 47.1 Å². The van der Waals surface area contributed by atoms with E-state index in [1.54, 1.807) is 0 Å². The van der Waals surface area contributed by atoms with Crippen molar-refractivity contribution in [1.29, 1.82) is 0 Å². The van der Waals surface area contributed by atoms with Crippen LogP contribution in [0.4, 0.5) is 5.69 Å². The highest BCUT2D eigenvalue weighted by atomic mass is 16.7. The van der Waals surface area contributed by atoms with Gasteiger partial charge in [-0.1, -0.05) is 12.0 Å². The molecule has 2 heterocycles. The van der Waals surface area contributed by atoms with Gasteiger partial charge in [-0.3, -0.25) is 4.99 Å². The lowest BCUT2D eigenvalue weighted by atomic mass is 10.1. The van der Waals surface area contributed by atoms with E-state index in [4.69, 9.17) is 25.4 Å². The van der Waals surface area contributed by atoms with E-state index in [2.05, 4.69) is 21.5 Å². The molecule has 0 aromatic heterocycles. The van der Waals surface area contributed by atoms with Crippen molar-refractivity contribution in [2.45, 2.75) is 12.8 Å². The maximum absolute atomic E-state index is 5.75. The number of anilines is 1. The maximum Gasteiger partial charge on any atom is 0.231 e. The summed E-state index contributed by atoms with van der Waals surface area (Å²) >= 11 is 0. The van der Waals surface area contributed by atoms with Gasteiger partial charge in [0, 0.05) is 24.7 Å². The summed E-state index contributed by atoms with van der Waals surface area (Å²) in [6.45, 7) is 2.54. The van der Waals surface area contributed by atoms with Crippen LogP contribution in [-0.4, -0.2) is 39.1 Å². The second-order valence-electron chi connectivity index (χ2n) is 6.56. The first-order chi connectivity index (χ1) is 14.3. The summed E-state index contributed by atoms with van der Waals surface area (Å²) in [6, 6.07) is 11.7. The van der Waals surface area contributed by atoms with Gasteiger partial charge in [0.15, 0.2) is 29.0 Å². The number of terminal acetylenes is 1. The summed E-state index contributed by atoms with van der Waals surface area (Å²) in [5.41, 5.74) is 1.98. The van der Waals surface area contributed by atoms with Gasteiger partial charge in [0.25, 0.3) is 0 Å². The van der Waals surface area contributed by atoms with Crippen LogP contribution >= 0.6 is 0 Å². The van der Waals surface area contributed by atoms with Crippen LogP contribution in [0, 0.1) is 12.3 Å². The Hall–Kier alpha value is -3.53. The molecule has 0 aliphatic carbocycles. The quantitative estimate of drug-likeness (QED) is 0.462. The van der Waals surface area contributed by atoms with Crippen molar-refractivity contribution >= 4 is 11.6 Å². The first-order valence-electron chi connectivity index (χ1n) is 9.59. The predicted octanol–water partition coefficient (Wildman–Crippen LogP) is 2.81. The van der Waals surface area contributed by atoms with Crippen molar-refractivity contribution in [2.24, 2.45) is 4.99 Å². The molecule has 0 atom stereocenters. The number of hydrogen-bond donors (Lipinski definition) is 2. The van der Waals surface area contributed by atoms with E-state index >= 15 is 0 Å². The fourth-order valence-corrected chi connectivity index (χ4v) is 3.05. The van der Waals surface area contributed by atoms with E-state index in [9.17, 15) is 0 Å². The minimum atomic E-state index is 0.274. The van der Waals surface area contributed by atoms with Gasteiger partial charge in [0.05, 0.1) is 19.8 Å². The number of benzene rings is 2. The molecule has 2 aliphatic rings. The molecule has 0 bridgehead atoms. The Morgan fingerprint density at radius 3 is 2.62 bits per heavy atom. The number of fused-ring (bicyclic) bond motifs is 2. The van der Waals surface area contributed by atoms with Crippen LogP contribution in [0.1, 0.15) is 12.0 Å². The molecule has 2 N–H and O–H groups in total. The molecule has 7 nitrogen and oxygen atoms in total. The standard InChI is InChI=1S/C22H23N3O4/c1-2-9-23-22(24-10-8-16-4-6-19-20(13-16)29-15-28-19)25-17-5-7-18-21(14-17)27-12-3-11-26-18/h1,4-7,13-14H,3,8-12,15H2,(H2,23,24,25). The highest BCUT2D eigenvalue weighted by Gasteiger charge is 2.13. The van der Waals surface area contributed by atoms with Gasteiger partial charge in [-0.2, -0.15) is 0 Å². The summed E-state index contributed by atoms with van der Waals surface area (Å²) < 4.78 is 22.2. The molecule has 7 heteroatoms. The van der Waals surface area contributed by atoms with Crippen LogP contribution in [-0.2, 0) is 6.42 Å². The van der Waals surface area contributed by atoms with Crippen LogP contribution in [0.2, 0.25) is 0 Å². The van der Waals surface area contributed by atoms with Crippen molar-refractivity contribution in [3.63, 3.8) is 0 Å². The molecule has 0 radical (unpaired) electrons. The van der Waals surface area contributed by atoms with Gasteiger partial charge in [-0.25, -0.2) is 0 Å². The minimum Gasteiger partial charge on any atom is -0.490 e. The number of nitrogens with zero attached hydrogens (tertiary/aromatic N) is 1. The Kier molecular flexibility index (Phi) is 5.91. The predicted molar refractivity (Wildman–Crippen MR) is 111 cm³/mol. The van der Waals surface area contributed by atoms with Gasteiger partial charge in [-0.15, -0.1) is 6.42 Å². The zero-order chi connectivity index (χ0) is 19.9. The number of aliphatic imine (C=N–C) groups is 1. The molecular weight excluding hydrogens is 370 g/mol. The normalized spacial score (nSPS) is 14.7. The van der Waals surface area contributed by atoms with Gasteiger partial charge in [0.1, 0.15) is 0 Å². The lowest BCUT2D eigenvalue weighted by molar-refractivity contribution is 0.174. The topological polar surface area (TPSA) is 73.3 Å². The summed E-state index contributed by atoms with van der Waals surface area (Å²) in [5.74, 6) is 6.22. The smallest absolute Gasteiger partial charge is 0.231 e. The number of guanidine groups is 1. The second kappa shape index (κ2) is 9.11. The van der Waals surface area contributed by atoms with Crippen LogP contribution in [0.5, 0.6) is 23.0 Å². The third-order valence-electron chi connectivity index (χ3n) is 4.48. The molecule has 0 saturated carbocycles. The average molecular weight is 393 g/mol. The molecule has 0 amide bonds. The number of nitrogens with one attached hydrogen (secondary N) is 2. The van der Waals surface area contributed by atoms with Gasteiger partial charge >= 0.3 is 0 Å². The van der Waals surface area contributed by atoms with E-state index < -0.39 is 0 Å². The number of hydrogen-bond acceptors (Lipinski definition) is 5. The fourth-order valence-electron chi connectivity index (χ4n) is 3.05. The monoisotopic (exact) mass is 393 g/mol. The van der Waals surface area contributed by atoms with Crippen LogP contribution in [0.15, 0.2) is 41.4 Å². The van der Waals surface area contributed by atoms with Gasteiger partial charge in [-0.05, 0) is 36.2 Å². The number of ether oxygens (including phenoxy) is 4. The van der Waals surface area contributed by atoms with Gasteiger partial charge in [0.2, 0.25) is 6.79 Å². The SMILES string of the molecule is C#CCNC(=NCCc1ccc2c(c1)OCO2)Nc1ccc2c(c1)OCCCO2. The molecule has 0 saturated heterocycles. The Morgan fingerprint density at radius 1 is 0.966 bits per heavy atom. The third kappa shape index (κ3) is 4.85. The molecule has 2 aliphatic heterocycles. The van der Waals surface area contributed by atoms with Crippen molar-refractivity contribution in [3.8, 4) is 35.3 Å². The average Bonchev–Trinajstić information content (AvgIpc) is 3.08. The van der Waals surface area contributed by atoms with Crippen molar-refractivity contribution < 1.29 is 18.9 Å². The van der Waals surface area contributed by atoms with E-state index in [-0.39, 0.29) is 6.79 Å².